The lowest BCUT2D eigenvalue weighted by Gasteiger charge is -2.29. The summed E-state index contributed by atoms with van der Waals surface area (Å²) in [5, 5.41) is 3.26. The Morgan fingerprint density at radius 2 is 1.65 bits per heavy atom. The molecule has 1 N–H and O–H groups in total. The van der Waals surface area contributed by atoms with Gasteiger partial charge in [0.25, 0.3) is 10.0 Å². The predicted molar refractivity (Wildman–Crippen MR) is 145 cm³/mol. The third-order valence-corrected chi connectivity index (χ3v) is 7.97. The molecule has 3 aromatic carbocycles. The highest BCUT2D eigenvalue weighted by atomic mass is 35.5. The standard InChI is InChI=1S/C27H30ClN3O5S/c1-2-36-25-11-9-24(10-12-25)31(37(33,34)26-13-5-22(28)6-14-26)20-27(32)29-19-21-3-7-23(8-4-21)30-15-17-35-18-16-30/h3-14H,2,15-20H2,1H3,(H,29,32). The Labute approximate surface area is 222 Å². The normalized spacial score (nSPS) is 13.7. The number of nitrogens with one attached hydrogen (secondary N) is 1. The van der Waals surface area contributed by atoms with Crippen LogP contribution in [-0.2, 0) is 26.1 Å². The van der Waals surface area contributed by atoms with Crippen molar-refractivity contribution in [1.29, 1.82) is 0 Å². The van der Waals surface area contributed by atoms with Crippen LogP contribution in [0.1, 0.15) is 12.5 Å². The number of morpholine rings is 1. The molecule has 3 aromatic rings. The highest BCUT2D eigenvalue weighted by Gasteiger charge is 2.27. The molecule has 0 spiro atoms. The zero-order valence-corrected chi connectivity index (χ0v) is 22.2. The molecule has 8 nitrogen and oxygen atoms in total. The summed E-state index contributed by atoms with van der Waals surface area (Å²) in [4.78, 5) is 15.2. The predicted octanol–water partition coefficient (Wildman–Crippen LogP) is 4.09. The van der Waals surface area contributed by atoms with Crippen LogP contribution in [0.2, 0.25) is 5.02 Å². The highest BCUT2D eigenvalue weighted by Crippen LogP contribution is 2.26. The van der Waals surface area contributed by atoms with Gasteiger partial charge in [-0.2, -0.15) is 0 Å². The van der Waals surface area contributed by atoms with E-state index in [4.69, 9.17) is 21.1 Å². The smallest absolute Gasteiger partial charge is 0.264 e. The Bertz CT molecular complexity index is 1280. The molecule has 0 radical (unpaired) electrons. The first kappa shape index (κ1) is 26.8. The van der Waals surface area contributed by atoms with Gasteiger partial charge in [0.1, 0.15) is 12.3 Å². The van der Waals surface area contributed by atoms with Gasteiger partial charge in [-0.1, -0.05) is 23.7 Å². The summed E-state index contributed by atoms with van der Waals surface area (Å²) >= 11 is 5.95. The number of anilines is 2. The molecule has 1 heterocycles. The van der Waals surface area contributed by atoms with Gasteiger partial charge in [0.15, 0.2) is 0 Å². The van der Waals surface area contributed by atoms with Crippen LogP contribution in [0.5, 0.6) is 5.75 Å². The van der Waals surface area contributed by atoms with Gasteiger partial charge in [0.05, 0.1) is 30.4 Å². The van der Waals surface area contributed by atoms with Crippen molar-refractivity contribution in [2.24, 2.45) is 0 Å². The van der Waals surface area contributed by atoms with Gasteiger partial charge in [-0.3, -0.25) is 9.10 Å². The summed E-state index contributed by atoms with van der Waals surface area (Å²) in [5.41, 5.74) is 2.37. The van der Waals surface area contributed by atoms with E-state index in [1.165, 1.54) is 24.3 Å². The van der Waals surface area contributed by atoms with E-state index in [1.54, 1.807) is 24.3 Å². The Morgan fingerprint density at radius 1 is 1.00 bits per heavy atom. The van der Waals surface area contributed by atoms with Gasteiger partial charge in [-0.25, -0.2) is 8.42 Å². The fourth-order valence-electron chi connectivity index (χ4n) is 3.96. The molecule has 0 aromatic heterocycles. The fourth-order valence-corrected chi connectivity index (χ4v) is 5.50. The van der Waals surface area contributed by atoms with Gasteiger partial charge in [0, 0.05) is 30.3 Å². The second-order valence-corrected chi connectivity index (χ2v) is 10.7. The molecule has 196 valence electrons. The zero-order valence-electron chi connectivity index (χ0n) is 20.6. The summed E-state index contributed by atoms with van der Waals surface area (Å²) in [5.74, 6) is 0.184. The van der Waals surface area contributed by atoms with Gasteiger partial charge < -0.3 is 19.7 Å². The summed E-state index contributed by atoms with van der Waals surface area (Å²) < 4.78 is 39.0. The molecule has 37 heavy (non-hydrogen) atoms. The Hall–Kier alpha value is -3.27. The van der Waals surface area contributed by atoms with Crippen molar-refractivity contribution >= 4 is 38.9 Å². The van der Waals surface area contributed by atoms with Crippen LogP contribution in [0.15, 0.2) is 77.7 Å². The number of amides is 1. The van der Waals surface area contributed by atoms with Crippen molar-refractivity contribution in [1.82, 2.24) is 5.32 Å². The average molecular weight is 544 g/mol. The van der Waals surface area contributed by atoms with Gasteiger partial charge >= 0.3 is 0 Å². The van der Waals surface area contributed by atoms with Crippen molar-refractivity contribution < 1.29 is 22.7 Å². The minimum absolute atomic E-state index is 0.0392. The molecule has 4 rings (SSSR count). The maximum absolute atomic E-state index is 13.5. The number of carbonyl (C=O) groups excluding carboxylic acids is 1. The largest absolute Gasteiger partial charge is 0.494 e. The second-order valence-electron chi connectivity index (χ2n) is 8.44. The van der Waals surface area contributed by atoms with Gasteiger partial charge in [-0.05, 0) is 73.2 Å². The summed E-state index contributed by atoms with van der Waals surface area (Å²) in [7, 11) is -4.03. The highest BCUT2D eigenvalue weighted by molar-refractivity contribution is 7.92. The van der Waals surface area contributed by atoms with E-state index in [0.29, 0.717) is 36.3 Å². The molecule has 1 amide bonds. The minimum Gasteiger partial charge on any atom is -0.494 e. The Kier molecular flexibility index (Phi) is 8.91. The van der Waals surface area contributed by atoms with E-state index < -0.39 is 15.9 Å². The fraction of sp³-hybridized carbons (Fsp3) is 0.296. The third kappa shape index (κ3) is 6.94. The first-order valence-corrected chi connectivity index (χ1v) is 13.9. The summed E-state index contributed by atoms with van der Waals surface area (Å²) in [6.45, 7) is 5.36. The number of halogens is 1. The summed E-state index contributed by atoms with van der Waals surface area (Å²) in [6, 6.07) is 20.4. The van der Waals surface area contributed by atoms with E-state index in [-0.39, 0.29) is 18.0 Å². The van der Waals surface area contributed by atoms with Crippen molar-refractivity contribution in [3.8, 4) is 5.75 Å². The van der Waals surface area contributed by atoms with Crippen LogP contribution in [0, 0.1) is 0 Å². The first-order valence-electron chi connectivity index (χ1n) is 12.1. The molecular weight excluding hydrogens is 514 g/mol. The van der Waals surface area contributed by atoms with E-state index in [9.17, 15) is 13.2 Å². The molecule has 10 heteroatoms. The molecule has 1 aliphatic rings. The lowest BCUT2D eigenvalue weighted by atomic mass is 10.2. The molecule has 1 aliphatic heterocycles. The number of ether oxygens (including phenoxy) is 2. The number of carbonyl (C=O) groups is 1. The molecule has 1 saturated heterocycles. The third-order valence-electron chi connectivity index (χ3n) is 5.93. The Morgan fingerprint density at radius 3 is 2.27 bits per heavy atom. The zero-order chi connectivity index (χ0) is 26.3. The maximum atomic E-state index is 13.5. The van der Waals surface area contributed by atoms with Gasteiger partial charge in [0.2, 0.25) is 5.91 Å². The van der Waals surface area contributed by atoms with E-state index in [0.717, 1.165) is 28.6 Å². The van der Waals surface area contributed by atoms with Crippen molar-refractivity contribution in [3.05, 3.63) is 83.4 Å². The molecule has 0 atom stereocenters. The average Bonchev–Trinajstić information content (AvgIpc) is 2.92. The monoisotopic (exact) mass is 543 g/mol. The SMILES string of the molecule is CCOc1ccc(N(CC(=O)NCc2ccc(N3CCOCC3)cc2)S(=O)(=O)c2ccc(Cl)cc2)cc1. The lowest BCUT2D eigenvalue weighted by Crippen LogP contribution is -2.40. The van der Waals surface area contributed by atoms with E-state index >= 15 is 0 Å². The van der Waals surface area contributed by atoms with Crippen molar-refractivity contribution in [2.75, 3.05) is 48.7 Å². The Balaban J connectivity index is 1.47. The van der Waals surface area contributed by atoms with Crippen LogP contribution in [0.4, 0.5) is 11.4 Å². The van der Waals surface area contributed by atoms with Crippen LogP contribution in [0.3, 0.4) is 0 Å². The first-order chi connectivity index (χ1) is 17.9. The number of sulfonamides is 1. The quantitative estimate of drug-likeness (QED) is 0.414. The lowest BCUT2D eigenvalue weighted by molar-refractivity contribution is -0.119. The molecule has 0 bridgehead atoms. The van der Waals surface area contributed by atoms with Crippen LogP contribution >= 0.6 is 11.6 Å². The molecular formula is C27H30ClN3O5S. The molecule has 0 saturated carbocycles. The number of hydrogen-bond donors (Lipinski definition) is 1. The maximum Gasteiger partial charge on any atom is 0.264 e. The second kappa shape index (κ2) is 12.3. The van der Waals surface area contributed by atoms with Crippen molar-refractivity contribution in [2.45, 2.75) is 18.4 Å². The van der Waals surface area contributed by atoms with E-state index in [2.05, 4.69) is 10.2 Å². The van der Waals surface area contributed by atoms with Crippen LogP contribution < -0.4 is 19.3 Å². The number of hydrogen-bond acceptors (Lipinski definition) is 6. The molecule has 1 fully saturated rings. The number of rotatable bonds is 10. The van der Waals surface area contributed by atoms with E-state index in [1.807, 2.05) is 31.2 Å². The number of benzene rings is 3. The van der Waals surface area contributed by atoms with Gasteiger partial charge in [-0.15, -0.1) is 0 Å². The van der Waals surface area contributed by atoms with Crippen LogP contribution in [0.25, 0.3) is 0 Å². The molecule has 0 unspecified atom stereocenters. The van der Waals surface area contributed by atoms with Crippen LogP contribution in [-0.4, -0.2) is 53.8 Å². The minimum atomic E-state index is -4.03. The molecule has 0 aliphatic carbocycles. The van der Waals surface area contributed by atoms with Crippen molar-refractivity contribution in [3.63, 3.8) is 0 Å². The summed E-state index contributed by atoms with van der Waals surface area (Å²) in [6.07, 6.45) is 0. The topological polar surface area (TPSA) is 88.2 Å². The number of nitrogens with zero attached hydrogens (tertiary/aromatic N) is 2.